The molecule has 0 bridgehead atoms. The summed E-state index contributed by atoms with van der Waals surface area (Å²) in [6.45, 7) is -0.673. The molecule has 0 aromatic heterocycles. The van der Waals surface area contributed by atoms with Crippen LogP contribution in [-0.4, -0.2) is 38.9 Å². The highest BCUT2D eigenvalue weighted by molar-refractivity contribution is 7.89. The van der Waals surface area contributed by atoms with Crippen molar-refractivity contribution in [3.63, 3.8) is 0 Å². The van der Waals surface area contributed by atoms with Crippen molar-refractivity contribution in [1.82, 2.24) is 5.32 Å². The van der Waals surface area contributed by atoms with E-state index in [9.17, 15) is 22.8 Å². The zero-order valence-corrected chi connectivity index (χ0v) is 18.5. The van der Waals surface area contributed by atoms with Crippen LogP contribution >= 0.6 is 11.6 Å². The lowest BCUT2D eigenvalue weighted by Gasteiger charge is -2.15. The number of sulfonamides is 1. The second-order valence-electron chi connectivity index (χ2n) is 7.31. The van der Waals surface area contributed by atoms with Crippen LogP contribution in [0.2, 0.25) is 5.02 Å². The molecule has 2 aromatic carbocycles. The molecule has 1 aliphatic carbocycles. The number of benzene rings is 2. The summed E-state index contributed by atoms with van der Waals surface area (Å²) in [5.41, 5.74) is 0.323. The summed E-state index contributed by atoms with van der Waals surface area (Å²) in [5, 5.41) is 10.5. The molecule has 170 valence electrons. The van der Waals surface area contributed by atoms with Crippen LogP contribution in [0.25, 0.3) is 0 Å². The van der Waals surface area contributed by atoms with Crippen LogP contribution in [-0.2, 0) is 19.6 Å². The molecule has 0 saturated heterocycles. The fourth-order valence-electron chi connectivity index (χ4n) is 3.36. The van der Waals surface area contributed by atoms with E-state index in [1.165, 1.54) is 6.07 Å². The van der Waals surface area contributed by atoms with Gasteiger partial charge in [-0.05, 0) is 43.2 Å². The fourth-order valence-corrected chi connectivity index (χ4v) is 4.09. The first-order valence-corrected chi connectivity index (χ1v) is 11.8. The van der Waals surface area contributed by atoms with Gasteiger partial charge in [0.05, 0.1) is 26.7 Å². The number of nitrogens with two attached hydrogens (primary N) is 1. The molecule has 1 saturated carbocycles. The number of anilines is 1. The van der Waals surface area contributed by atoms with E-state index in [1.54, 1.807) is 24.3 Å². The number of hydrogen-bond donors (Lipinski definition) is 3. The molecule has 1 fully saturated rings. The minimum atomic E-state index is -4.05. The van der Waals surface area contributed by atoms with Gasteiger partial charge < -0.3 is 15.4 Å². The molecule has 0 unspecified atom stereocenters. The third kappa shape index (κ3) is 6.06. The second-order valence-corrected chi connectivity index (χ2v) is 9.28. The van der Waals surface area contributed by atoms with Gasteiger partial charge in [0.2, 0.25) is 10.0 Å². The van der Waals surface area contributed by atoms with Crippen molar-refractivity contribution in [2.45, 2.75) is 36.6 Å². The Kier molecular flexibility index (Phi) is 7.49. The van der Waals surface area contributed by atoms with Gasteiger partial charge in [-0.2, -0.15) is 0 Å². The Morgan fingerprint density at radius 1 is 1.06 bits per heavy atom. The van der Waals surface area contributed by atoms with Gasteiger partial charge in [0, 0.05) is 6.04 Å². The van der Waals surface area contributed by atoms with Crippen molar-refractivity contribution in [2.75, 3.05) is 11.9 Å². The first kappa shape index (κ1) is 23.7. The molecular formula is C21H22ClN3O6S. The lowest BCUT2D eigenvalue weighted by molar-refractivity contribution is -0.119. The number of esters is 1. The van der Waals surface area contributed by atoms with E-state index < -0.39 is 28.5 Å². The predicted molar refractivity (Wildman–Crippen MR) is 118 cm³/mol. The van der Waals surface area contributed by atoms with Gasteiger partial charge in [0.1, 0.15) is 0 Å². The maximum atomic E-state index is 12.6. The number of halogens is 1. The summed E-state index contributed by atoms with van der Waals surface area (Å²) in [7, 11) is -4.05. The van der Waals surface area contributed by atoms with Gasteiger partial charge >= 0.3 is 5.97 Å². The van der Waals surface area contributed by atoms with Crippen LogP contribution in [0, 0.1) is 0 Å². The first-order chi connectivity index (χ1) is 15.1. The van der Waals surface area contributed by atoms with Crippen molar-refractivity contribution in [1.29, 1.82) is 0 Å². The number of primary sulfonamides is 1. The van der Waals surface area contributed by atoms with Crippen LogP contribution in [0.15, 0.2) is 47.4 Å². The van der Waals surface area contributed by atoms with Crippen molar-refractivity contribution in [3.05, 3.63) is 58.6 Å². The van der Waals surface area contributed by atoms with Crippen molar-refractivity contribution < 1.29 is 27.5 Å². The summed E-state index contributed by atoms with van der Waals surface area (Å²) in [6, 6.07) is 9.92. The molecule has 2 amide bonds. The largest absolute Gasteiger partial charge is 0.452 e. The average Bonchev–Trinajstić information content (AvgIpc) is 3.25. The van der Waals surface area contributed by atoms with E-state index >= 15 is 0 Å². The molecule has 2 aromatic rings. The number of amides is 2. The molecule has 1 aliphatic rings. The van der Waals surface area contributed by atoms with Gasteiger partial charge in [-0.3, -0.25) is 9.59 Å². The zero-order chi connectivity index (χ0) is 23.3. The van der Waals surface area contributed by atoms with E-state index in [0.29, 0.717) is 5.56 Å². The Morgan fingerprint density at radius 2 is 1.75 bits per heavy atom. The molecule has 32 heavy (non-hydrogen) atoms. The third-order valence-corrected chi connectivity index (χ3v) is 6.20. The minimum absolute atomic E-state index is 0.0586. The SMILES string of the molecule is NS(=O)(=O)c1ccc(Cl)c(C(=O)OCC(=O)Nc2ccccc2C(=O)NC2CCCC2)c1. The Morgan fingerprint density at radius 3 is 2.44 bits per heavy atom. The fraction of sp³-hybridized carbons (Fsp3) is 0.286. The van der Waals surface area contributed by atoms with Gasteiger partial charge in [-0.15, -0.1) is 0 Å². The van der Waals surface area contributed by atoms with Crippen LogP contribution in [0.3, 0.4) is 0 Å². The topological polar surface area (TPSA) is 145 Å². The predicted octanol–water partition coefficient (Wildman–Crippen LogP) is 2.46. The Balaban J connectivity index is 1.63. The normalized spacial score (nSPS) is 14.1. The minimum Gasteiger partial charge on any atom is -0.452 e. The maximum Gasteiger partial charge on any atom is 0.340 e. The zero-order valence-electron chi connectivity index (χ0n) is 17.0. The highest BCUT2D eigenvalue weighted by atomic mass is 35.5. The standard InChI is InChI=1S/C21H22ClN3O6S/c22-17-10-9-14(32(23,29)30)11-16(17)21(28)31-12-19(26)25-18-8-4-3-7-15(18)20(27)24-13-5-1-2-6-13/h3-4,7-11,13H,1-2,5-6,12H2,(H,24,27)(H,25,26)(H2,23,29,30). The summed E-state index contributed by atoms with van der Waals surface area (Å²) < 4.78 is 27.9. The Bertz CT molecular complexity index is 1150. The highest BCUT2D eigenvalue weighted by Gasteiger charge is 2.21. The van der Waals surface area contributed by atoms with Crippen LogP contribution in [0.5, 0.6) is 0 Å². The number of carbonyl (C=O) groups is 3. The van der Waals surface area contributed by atoms with Crippen molar-refractivity contribution in [3.8, 4) is 0 Å². The van der Waals surface area contributed by atoms with Gasteiger partial charge in [-0.25, -0.2) is 18.4 Å². The summed E-state index contributed by atoms with van der Waals surface area (Å²) in [6.07, 6.45) is 3.98. The lowest BCUT2D eigenvalue weighted by atomic mass is 10.1. The smallest absolute Gasteiger partial charge is 0.340 e. The number of carbonyl (C=O) groups excluding carboxylic acids is 3. The molecule has 0 radical (unpaired) electrons. The van der Waals surface area contributed by atoms with E-state index in [-0.39, 0.29) is 33.1 Å². The molecule has 0 heterocycles. The molecule has 3 rings (SSSR count). The maximum absolute atomic E-state index is 12.6. The quantitative estimate of drug-likeness (QED) is 0.520. The monoisotopic (exact) mass is 479 g/mol. The van der Waals surface area contributed by atoms with E-state index in [2.05, 4.69) is 10.6 Å². The summed E-state index contributed by atoms with van der Waals surface area (Å²) in [4.78, 5) is 36.9. The van der Waals surface area contributed by atoms with Gasteiger partial charge in [0.25, 0.3) is 11.8 Å². The molecule has 11 heteroatoms. The van der Waals surface area contributed by atoms with Crippen LogP contribution in [0.4, 0.5) is 5.69 Å². The van der Waals surface area contributed by atoms with Crippen molar-refractivity contribution >= 4 is 45.1 Å². The number of nitrogens with one attached hydrogen (secondary N) is 2. The summed E-state index contributed by atoms with van der Waals surface area (Å²) >= 11 is 5.93. The van der Waals surface area contributed by atoms with Crippen molar-refractivity contribution in [2.24, 2.45) is 5.14 Å². The number of para-hydroxylation sites is 1. The van der Waals surface area contributed by atoms with Gasteiger partial charge in [0.15, 0.2) is 6.61 Å². The van der Waals surface area contributed by atoms with Crippen LogP contribution < -0.4 is 15.8 Å². The lowest BCUT2D eigenvalue weighted by Crippen LogP contribution is -2.33. The van der Waals surface area contributed by atoms with Crippen LogP contribution in [0.1, 0.15) is 46.4 Å². The molecule has 0 aliphatic heterocycles. The van der Waals surface area contributed by atoms with E-state index in [4.69, 9.17) is 21.5 Å². The number of ether oxygens (including phenoxy) is 1. The second kappa shape index (κ2) is 10.1. The number of hydrogen-bond acceptors (Lipinski definition) is 6. The molecule has 4 N–H and O–H groups in total. The molecule has 0 spiro atoms. The van der Waals surface area contributed by atoms with E-state index in [1.807, 2.05) is 0 Å². The number of rotatable bonds is 7. The molecular weight excluding hydrogens is 458 g/mol. The molecule has 9 nitrogen and oxygen atoms in total. The molecule has 0 atom stereocenters. The Hall–Kier alpha value is -2.95. The van der Waals surface area contributed by atoms with E-state index in [0.717, 1.165) is 37.8 Å². The Labute approximate surface area is 190 Å². The average molecular weight is 480 g/mol. The van der Waals surface area contributed by atoms with Gasteiger partial charge in [-0.1, -0.05) is 36.6 Å². The summed E-state index contributed by atoms with van der Waals surface area (Å²) in [5.74, 6) is -1.97. The third-order valence-electron chi connectivity index (χ3n) is 4.96. The highest BCUT2D eigenvalue weighted by Crippen LogP contribution is 2.22. The first-order valence-electron chi connectivity index (χ1n) is 9.84.